The molecule has 0 radical (unpaired) electrons. The molecule has 1 heterocycles. The zero-order valence-electron chi connectivity index (χ0n) is 12.7. The zero-order valence-corrected chi connectivity index (χ0v) is 12.7. The molecule has 1 fully saturated rings. The smallest absolute Gasteiger partial charge is 0.231 e. The lowest BCUT2D eigenvalue weighted by atomic mass is 9.89. The Morgan fingerprint density at radius 1 is 1.15 bits per heavy atom. The number of anilines is 3. The normalized spacial score (nSPS) is 21.2. The predicted molar refractivity (Wildman–Crippen MR) is 80.4 cm³/mol. The van der Waals surface area contributed by atoms with Gasteiger partial charge in [0.15, 0.2) is 0 Å². The van der Waals surface area contributed by atoms with Crippen molar-refractivity contribution >= 4 is 17.8 Å². The minimum Gasteiger partial charge on any atom is -0.381 e. The van der Waals surface area contributed by atoms with Gasteiger partial charge >= 0.3 is 0 Å². The van der Waals surface area contributed by atoms with E-state index < -0.39 is 0 Å². The molecule has 0 bridgehead atoms. The Bertz CT molecular complexity index is 431. The van der Waals surface area contributed by atoms with E-state index >= 15 is 0 Å². The second-order valence-electron chi connectivity index (χ2n) is 4.88. The van der Waals surface area contributed by atoms with Crippen LogP contribution in [0, 0.1) is 0 Å². The number of hydrogen-bond donors (Lipinski definition) is 2. The predicted octanol–water partition coefficient (Wildman–Crippen LogP) is 1.35. The van der Waals surface area contributed by atoms with Crippen LogP contribution in [-0.2, 0) is 4.74 Å². The summed E-state index contributed by atoms with van der Waals surface area (Å²) in [6.45, 7) is 5.93. The lowest BCUT2D eigenvalue weighted by Crippen LogP contribution is -2.40. The standard InChI is InChI=1S/C13H24N6O/c1-5-19(6-2)13-17-11(14-3)16-12(18-13)15-9-7-10(8-9)20-4/h9-10H,5-8H2,1-4H3,(H2,14,15,16,17,18). The topological polar surface area (TPSA) is 75.2 Å². The highest BCUT2D eigenvalue weighted by Crippen LogP contribution is 2.25. The first-order chi connectivity index (χ1) is 9.69. The molecular formula is C13H24N6O. The van der Waals surface area contributed by atoms with E-state index in [2.05, 4.69) is 44.3 Å². The third-order valence-electron chi connectivity index (χ3n) is 3.65. The van der Waals surface area contributed by atoms with E-state index in [0.717, 1.165) is 25.9 Å². The lowest BCUT2D eigenvalue weighted by molar-refractivity contribution is 0.0327. The van der Waals surface area contributed by atoms with Crippen LogP contribution >= 0.6 is 0 Å². The first-order valence-electron chi connectivity index (χ1n) is 7.18. The Labute approximate surface area is 120 Å². The maximum atomic E-state index is 5.28. The molecular weight excluding hydrogens is 256 g/mol. The molecule has 0 saturated heterocycles. The van der Waals surface area contributed by atoms with Gasteiger partial charge in [-0.25, -0.2) is 0 Å². The molecule has 0 spiro atoms. The molecule has 0 aromatic carbocycles. The van der Waals surface area contributed by atoms with Crippen LogP contribution in [0.5, 0.6) is 0 Å². The summed E-state index contributed by atoms with van der Waals surface area (Å²) in [5.41, 5.74) is 0. The Hall–Kier alpha value is -1.63. The number of nitrogens with zero attached hydrogens (tertiary/aromatic N) is 4. The third kappa shape index (κ3) is 3.27. The summed E-state index contributed by atoms with van der Waals surface area (Å²) in [4.78, 5) is 15.4. The first-order valence-corrected chi connectivity index (χ1v) is 7.18. The van der Waals surface area contributed by atoms with Crippen molar-refractivity contribution in [2.24, 2.45) is 0 Å². The van der Waals surface area contributed by atoms with Gasteiger partial charge in [0.25, 0.3) is 0 Å². The summed E-state index contributed by atoms with van der Waals surface area (Å²) in [7, 11) is 3.57. The second-order valence-corrected chi connectivity index (χ2v) is 4.88. The van der Waals surface area contributed by atoms with Gasteiger partial charge in [-0.15, -0.1) is 0 Å². The SMILES string of the molecule is CCN(CC)c1nc(NC)nc(NC2CC(OC)C2)n1. The van der Waals surface area contributed by atoms with Crippen LogP contribution in [0.4, 0.5) is 17.8 Å². The van der Waals surface area contributed by atoms with Crippen LogP contribution in [0.15, 0.2) is 0 Å². The van der Waals surface area contributed by atoms with Crippen LogP contribution in [0.2, 0.25) is 0 Å². The van der Waals surface area contributed by atoms with Gasteiger partial charge in [0.05, 0.1) is 6.10 Å². The van der Waals surface area contributed by atoms with Crippen molar-refractivity contribution in [2.75, 3.05) is 42.8 Å². The van der Waals surface area contributed by atoms with Crippen LogP contribution in [0.25, 0.3) is 0 Å². The van der Waals surface area contributed by atoms with Crippen molar-refractivity contribution in [2.45, 2.75) is 38.8 Å². The number of methoxy groups -OCH3 is 1. The van der Waals surface area contributed by atoms with Crippen molar-refractivity contribution in [3.8, 4) is 0 Å². The third-order valence-corrected chi connectivity index (χ3v) is 3.65. The molecule has 0 amide bonds. The number of hydrogen-bond acceptors (Lipinski definition) is 7. The quantitative estimate of drug-likeness (QED) is 0.780. The molecule has 0 atom stereocenters. The molecule has 2 rings (SSSR count). The van der Waals surface area contributed by atoms with Crippen molar-refractivity contribution < 1.29 is 4.74 Å². The summed E-state index contributed by atoms with van der Waals surface area (Å²) < 4.78 is 5.28. The molecule has 7 heteroatoms. The summed E-state index contributed by atoms with van der Waals surface area (Å²) >= 11 is 0. The Morgan fingerprint density at radius 3 is 2.35 bits per heavy atom. The van der Waals surface area contributed by atoms with E-state index in [1.54, 1.807) is 7.11 Å². The van der Waals surface area contributed by atoms with Crippen molar-refractivity contribution in [3.63, 3.8) is 0 Å². The fourth-order valence-electron chi connectivity index (χ4n) is 2.25. The summed E-state index contributed by atoms with van der Waals surface area (Å²) in [6, 6.07) is 0.386. The van der Waals surface area contributed by atoms with E-state index in [-0.39, 0.29) is 0 Å². The maximum Gasteiger partial charge on any atom is 0.231 e. The molecule has 1 aromatic rings. The van der Waals surface area contributed by atoms with E-state index in [4.69, 9.17) is 4.74 Å². The van der Waals surface area contributed by atoms with Gasteiger partial charge < -0.3 is 20.3 Å². The Balaban J connectivity index is 2.09. The largest absolute Gasteiger partial charge is 0.381 e. The number of nitrogens with one attached hydrogen (secondary N) is 2. The molecule has 1 aromatic heterocycles. The summed E-state index contributed by atoms with van der Waals surface area (Å²) in [6.07, 6.45) is 2.36. The van der Waals surface area contributed by atoms with Crippen molar-refractivity contribution in [1.82, 2.24) is 15.0 Å². The fraction of sp³-hybridized carbons (Fsp3) is 0.769. The molecule has 2 N–H and O–H groups in total. The van der Waals surface area contributed by atoms with E-state index in [9.17, 15) is 0 Å². The summed E-state index contributed by atoms with van der Waals surface area (Å²) in [5.74, 6) is 1.93. The molecule has 1 aliphatic carbocycles. The molecule has 1 saturated carbocycles. The van der Waals surface area contributed by atoms with Crippen molar-refractivity contribution in [1.29, 1.82) is 0 Å². The van der Waals surface area contributed by atoms with Crippen molar-refractivity contribution in [3.05, 3.63) is 0 Å². The van der Waals surface area contributed by atoms with E-state index in [0.29, 0.717) is 30.0 Å². The van der Waals surface area contributed by atoms with Gasteiger partial charge in [0.1, 0.15) is 0 Å². The molecule has 7 nitrogen and oxygen atoms in total. The van der Waals surface area contributed by atoms with Gasteiger partial charge in [-0.2, -0.15) is 15.0 Å². The van der Waals surface area contributed by atoms with Crippen LogP contribution in [0.3, 0.4) is 0 Å². The highest BCUT2D eigenvalue weighted by Gasteiger charge is 2.29. The molecule has 112 valence electrons. The van der Waals surface area contributed by atoms with Crippen LogP contribution < -0.4 is 15.5 Å². The van der Waals surface area contributed by atoms with Gasteiger partial charge in [0.2, 0.25) is 17.8 Å². The maximum absolute atomic E-state index is 5.28. The highest BCUT2D eigenvalue weighted by atomic mass is 16.5. The van der Waals surface area contributed by atoms with E-state index in [1.807, 2.05) is 7.05 Å². The highest BCUT2D eigenvalue weighted by molar-refractivity contribution is 5.44. The average molecular weight is 280 g/mol. The lowest BCUT2D eigenvalue weighted by Gasteiger charge is -2.34. The van der Waals surface area contributed by atoms with Gasteiger partial charge in [-0.1, -0.05) is 0 Å². The monoisotopic (exact) mass is 280 g/mol. The van der Waals surface area contributed by atoms with Crippen LogP contribution in [-0.4, -0.2) is 54.3 Å². The van der Waals surface area contributed by atoms with Crippen LogP contribution in [0.1, 0.15) is 26.7 Å². The number of ether oxygens (including phenoxy) is 1. The fourth-order valence-corrected chi connectivity index (χ4v) is 2.25. The van der Waals surface area contributed by atoms with Gasteiger partial charge in [0, 0.05) is 33.3 Å². The Morgan fingerprint density at radius 2 is 1.80 bits per heavy atom. The minimum atomic E-state index is 0.361. The zero-order chi connectivity index (χ0) is 14.5. The van der Waals surface area contributed by atoms with Gasteiger partial charge in [-0.05, 0) is 26.7 Å². The first kappa shape index (κ1) is 14.8. The molecule has 20 heavy (non-hydrogen) atoms. The second kappa shape index (κ2) is 6.69. The van der Waals surface area contributed by atoms with E-state index in [1.165, 1.54) is 0 Å². The molecule has 1 aliphatic rings. The Kier molecular flexibility index (Phi) is 4.94. The molecule has 0 aliphatic heterocycles. The average Bonchev–Trinajstić information content (AvgIpc) is 2.43. The van der Waals surface area contributed by atoms with Gasteiger partial charge in [-0.3, -0.25) is 0 Å². The number of rotatable bonds is 7. The minimum absolute atomic E-state index is 0.361. The molecule has 0 unspecified atom stereocenters. The number of aromatic nitrogens is 3. The summed E-state index contributed by atoms with van der Waals surface area (Å²) in [5, 5.41) is 6.34.